The van der Waals surface area contributed by atoms with Crippen molar-refractivity contribution in [1.29, 1.82) is 0 Å². The molecule has 0 spiro atoms. The van der Waals surface area contributed by atoms with Gasteiger partial charge in [0.2, 0.25) is 0 Å². The molecule has 1 N–H and O–H groups in total. The minimum absolute atomic E-state index is 0.134. The van der Waals surface area contributed by atoms with Crippen LogP contribution in [0.15, 0.2) is 30.6 Å². The van der Waals surface area contributed by atoms with Gasteiger partial charge in [-0.1, -0.05) is 6.92 Å². The van der Waals surface area contributed by atoms with E-state index in [0.717, 1.165) is 17.7 Å². The molecule has 0 bridgehead atoms. The van der Waals surface area contributed by atoms with Crippen LogP contribution in [0, 0.1) is 6.92 Å². The normalized spacial score (nSPS) is 10.3. The molecule has 2 rings (SSSR count). The van der Waals surface area contributed by atoms with Gasteiger partial charge in [0.15, 0.2) is 0 Å². The molecular formula is C15H16N2O3. The predicted molar refractivity (Wildman–Crippen MR) is 75.0 cm³/mol. The van der Waals surface area contributed by atoms with Crippen molar-refractivity contribution in [3.05, 3.63) is 41.9 Å². The van der Waals surface area contributed by atoms with E-state index in [1.165, 1.54) is 6.33 Å². The minimum atomic E-state index is -1.02. The van der Waals surface area contributed by atoms with E-state index >= 15 is 0 Å². The Kier molecular flexibility index (Phi) is 4.30. The zero-order chi connectivity index (χ0) is 14.5. The van der Waals surface area contributed by atoms with Crippen LogP contribution in [0.1, 0.15) is 29.4 Å². The SMILES string of the molecule is CCCOc1ccc(-c2ncnc(C)c2C(=O)O)cc1. The molecule has 2 aromatic rings. The lowest BCUT2D eigenvalue weighted by molar-refractivity contribution is 0.0696. The maximum atomic E-state index is 11.3. The molecule has 0 radical (unpaired) electrons. The van der Waals surface area contributed by atoms with Gasteiger partial charge in [-0.25, -0.2) is 14.8 Å². The molecule has 0 fully saturated rings. The van der Waals surface area contributed by atoms with E-state index in [4.69, 9.17) is 4.74 Å². The summed E-state index contributed by atoms with van der Waals surface area (Å²) in [6, 6.07) is 7.24. The first kappa shape index (κ1) is 14.0. The molecule has 0 unspecified atom stereocenters. The first-order valence-corrected chi connectivity index (χ1v) is 6.41. The lowest BCUT2D eigenvalue weighted by Gasteiger charge is -2.08. The molecule has 5 nitrogen and oxygen atoms in total. The number of aryl methyl sites for hydroxylation is 1. The molecule has 0 amide bonds. The fourth-order valence-electron chi connectivity index (χ4n) is 1.88. The first-order valence-electron chi connectivity index (χ1n) is 6.41. The highest BCUT2D eigenvalue weighted by Crippen LogP contribution is 2.25. The topological polar surface area (TPSA) is 72.3 Å². The van der Waals surface area contributed by atoms with E-state index in [9.17, 15) is 9.90 Å². The molecule has 1 heterocycles. The Labute approximate surface area is 117 Å². The van der Waals surface area contributed by atoms with E-state index in [0.29, 0.717) is 18.0 Å². The second-order valence-corrected chi connectivity index (χ2v) is 4.36. The maximum absolute atomic E-state index is 11.3. The van der Waals surface area contributed by atoms with Crippen LogP contribution in [-0.2, 0) is 0 Å². The summed E-state index contributed by atoms with van der Waals surface area (Å²) in [4.78, 5) is 19.3. The summed E-state index contributed by atoms with van der Waals surface area (Å²) in [7, 11) is 0. The summed E-state index contributed by atoms with van der Waals surface area (Å²) in [5.74, 6) is -0.261. The Morgan fingerprint density at radius 2 is 1.95 bits per heavy atom. The van der Waals surface area contributed by atoms with Crippen molar-refractivity contribution in [2.75, 3.05) is 6.61 Å². The number of hydrogen-bond acceptors (Lipinski definition) is 4. The summed E-state index contributed by atoms with van der Waals surface area (Å²) < 4.78 is 5.50. The Morgan fingerprint density at radius 3 is 2.55 bits per heavy atom. The van der Waals surface area contributed by atoms with Crippen LogP contribution < -0.4 is 4.74 Å². The third-order valence-electron chi connectivity index (χ3n) is 2.85. The first-order chi connectivity index (χ1) is 9.63. The number of nitrogens with zero attached hydrogens (tertiary/aromatic N) is 2. The average Bonchev–Trinajstić information content (AvgIpc) is 2.45. The predicted octanol–water partition coefficient (Wildman–Crippen LogP) is 2.94. The Balaban J connectivity index is 2.37. The quantitative estimate of drug-likeness (QED) is 0.906. The van der Waals surface area contributed by atoms with Gasteiger partial charge in [0, 0.05) is 5.56 Å². The van der Waals surface area contributed by atoms with Crippen LogP contribution in [0.2, 0.25) is 0 Å². The summed E-state index contributed by atoms with van der Waals surface area (Å²) in [6.07, 6.45) is 2.31. The van der Waals surface area contributed by atoms with Crippen LogP contribution in [0.4, 0.5) is 0 Å². The summed E-state index contributed by atoms with van der Waals surface area (Å²) >= 11 is 0. The van der Waals surface area contributed by atoms with Gasteiger partial charge in [0.25, 0.3) is 0 Å². The second kappa shape index (κ2) is 6.14. The van der Waals surface area contributed by atoms with Crippen molar-refractivity contribution in [2.24, 2.45) is 0 Å². The molecule has 104 valence electrons. The number of hydrogen-bond donors (Lipinski definition) is 1. The smallest absolute Gasteiger partial charge is 0.339 e. The maximum Gasteiger partial charge on any atom is 0.339 e. The Bertz CT molecular complexity index is 609. The third kappa shape index (κ3) is 2.93. The molecule has 20 heavy (non-hydrogen) atoms. The largest absolute Gasteiger partial charge is 0.494 e. The number of aromatic nitrogens is 2. The molecule has 1 aromatic heterocycles. The number of carboxylic acid groups (broad SMARTS) is 1. The van der Waals surface area contributed by atoms with Crippen molar-refractivity contribution in [3.63, 3.8) is 0 Å². The minimum Gasteiger partial charge on any atom is -0.494 e. The summed E-state index contributed by atoms with van der Waals surface area (Å²) in [5.41, 5.74) is 1.74. The van der Waals surface area contributed by atoms with Crippen molar-refractivity contribution < 1.29 is 14.6 Å². The van der Waals surface area contributed by atoms with Crippen molar-refractivity contribution in [1.82, 2.24) is 9.97 Å². The van der Waals surface area contributed by atoms with Gasteiger partial charge >= 0.3 is 5.97 Å². The van der Waals surface area contributed by atoms with E-state index in [1.807, 2.05) is 19.1 Å². The monoisotopic (exact) mass is 272 g/mol. The van der Waals surface area contributed by atoms with Gasteiger partial charge in [-0.3, -0.25) is 0 Å². The molecule has 0 saturated carbocycles. The van der Waals surface area contributed by atoms with Crippen molar-refractivity contribution >= 4 is 5.97 Å². The molecule has 1 aromatic carbocycles. The lowest BCUT2D eigenvalue weighted by Crippen LogP contribution is -2.06. The van der Waals surface area contributed by atoms with Crippen molar-refractivity contribution in [3.8, 4) is 17.0 Å². The van der Waals surface area contributed by atoms with Gasteiger partial charge in [0.1, 0.15) is 17.6 Å². The highest BCUT2D eigenvalue weighted by atomic mass is 16.5. The van der Waals surface area contributed by atoms with E-state index in [2.05, 4.69) is 9.97 Å². The molecule has 0 aliphatic rings. The van der Waals surface area contributed by atoms with E-state index in [1.54, 1.807) is 19.1 Å². The van der Waals surface area contributed by atoms with Crippen molar-refractivity contribution in [2.45, 2.75) is 20.3 Å². The number of carbonyl (C=O) groups is 1. The molecule has 5 heteroatoms. The molecular weight excluding hydrogens is 256 g/mol. The van der Waals surface area contributed by atoms with Crippen LogP contribution in [0.25, 0.3) is 11.3 Å². The number of ether oxygens (including phenoxy) is 1. The van der Waals surface area contributed by atoms with Gasteiger partial charge in [-0.05, 0) is 37.6 Å². The van der Waals surface area contributed by atoms with E-state index in [-0.39, 0.29) is 5.56 Å². The fourth-order valence-corrected chi connectivity index (χ4v) is 1.88. The van der Waals surface area contributed by atoms with Gasteiger partial charge in [-0.15, -0.1) is 0 Å². The summed E-state index contributed by atoms with van der Waals surface area (Å²) in [6.45, 7) is 4.36. The number of carboxylic acids is 1. The van der Waals surface area contributed by atoms with Gasteiger partial charge in [-0.2, -0.15) is 0 Å². The van der Waals surface area contributed by atoms with Crippen LogP contribution in [0.3, 0.4) is 0 Å². The van der Waals surface area contributed by atoms with Crippen LogP contribution >= 0.6 is 0 Å². The zero-order valence-corrected chi connectivity index (χ0v) is 11.5. The molecule has 0 atom stereocenters. The average molecular weight is 272 g/mol. The Morgan fingerprint density at radius 1 is 1.25 bits per heavy atom. The van der Waals surface area contributed by atoms with Gasteiger partial charge in [0.05, 0.1) is 18.0 Å². The fraction of sp³-hybridized carbons (Fsp3) is 0.267. The lowest BCUT2D eigenvalue weighted by atomic mass is 10.0. The molecule has 0 aliphatic carbocycles. The third-order valence-corrected chi connectivity index (χ3v) is 2.85. The number of benzene rings is 1. The standard InChI is InChI=1S/C15H16N2O3/c1-3-8-20-12-6-4-11(5-7-12)14-13(15(18)19)10(2)16-9-17-14/h4-7,9H,3,8H2,1-2H3,(H,18,19). The van der Waals surface area contributed by atoms with Crippen LogP contribution in [0.5, 0.6) is 5.75 Å². The Hall–Kier alpha value is -2.43. The number of rotatable bonds is 5. The summed E-state index contributed by atoms with van der Waals surface area (Å²) in [5, 5.41) is 9.27. The highest BCUT2D eigenvalue weighted by Gasteiger charge is 2.16. The molecule has 0 aliphatic heterocycles. The zero-order valence-electron chi connectivity index (χ0n) is 11.5. The molecule has 0 saturated heterocycles. The second-order valence-electron chi connectivity index (χ2n) is 4.36. The van der Waals surface area contributed by atoms with Gasteiger partial charge < -0.3 is 9.84 Å². The van der Waals surface area contributed by atoms with E-state index < -0.39 is 5.97 Å². The highest BCUT2D eigenvalue weighted by molar-refractivity contribution is 5.95. The number of aromatic carboxylic acids is 1. The van der Waals surface area contributed by atoms with Crippen LogP contribution in [-0.4, -0.2) is 27.7 Å².